The molecule has 1 nitrogen and oxygen atoms in total. The average molecular weight is 180 g/mol. The van der Waals surface area contributed by atoms with Gasteiger partial charge >= 0.3 is 0 Å². The van der Waals surface area contributed by atoms with E-state index in [1.165, 1.54) is 6.42 Å². The molecule has 0 radical (unpaired) electrons. The van der Waals surface area contributed by atoms with Gasteiger partial charge in [0.2, 0.25) is 0 Å². The van der Waals surface area contributed by atoms with Crippen LogP contribution in [-0.2, 0) is 0 Å². The largest absolute Gasteiger partial charge is 0.385 e. The summed E-state index contributed by atoms with van der Waals surface area (Å²) >= 11 is 0. The van der Waals surface area contributed by atoms with E-state index in [0.29, 0.717) is 5.92 Å². The van der Waals surface area contributed by atoms with Crippen LogP contribution in [0.1, 0.15) is 40.0 Å². The van der Waals surface area contributed by atoms with Crippen molar-refractivity contribution in [2.45, 2.75) is 45.6 Å². The Bertz CT molecular complexity index is 256. The standard InChI is InChI=1S/C12H20O/c1-5-12(13)8-9-6-7-11(12,4)10(9,2)3/h5,9,13H,1,6-8H2,2-4H3/t9-,11-,12+/m0/s1. The lowest BCUT2D eigenvalue weighted by atomic mass is 9.64. The summed E-state index contributed by atoms with van der Waals surface area (Å²) in [5, 5.41) is 10.5. The average Bonchev–Trinajstić information content (AvgIpc) is 2.36. The highest BCUT2D eigenvalue weighted by atomic mass is 16.3. The highest BCUT2D eigenvalue weighted by Crippen LogP contribution is 2.69. The van der Waals surface area contributed by atoms with Gasteiger partial charge in [0.05, 0.1) is 5.60 Å². The van der Waals surface area contributed by atoms with Crippen molar-refractivity contribution in [3.63, 3.8) is 0 Å². The molecule has 2 fully saturated rings. The first-order valence-corrected chi connectivity index (χ1v) is 5.23. The normalized spacial score (nSPS) is 52.5. The maximum Gasteiger partial charge on any atom is 0.0886 e. The summed E-state index contributed by atoms with van der Waals surface area (Å²) in [5.74, 6) is 0.681. The molecule has 0 aliphatic heterocycles. The lowest BCUT2D eigenvalue weighted by Crippen LogP contribution is -2.45. The molecule has 0 amide bonds. The van der Waals surface area contributed by atoms with E-state index in [0.717, 1.165) is 12.8 Å². The predicted octanol–water partition coefficient (Wildman–Crippen LogP) is 2.75. The fraction of sp³-hybridized carbons (Fsp3) is 0.833. The van der Waals surface area contributed by atoms with Crippen LogP contribution in [-0.4, -0.2) is 10.7 Å². The quantitative estimate of drug-likeness (QED) is 0.615. The van der Waals surface area contributed by atoms with Crippen molar-refractivity contribution in [2.75, 3.05) is 0 Å². The topological polar surface area (TPSA) is 20.2 Å². The highest BCUT2D eigenvalue weighted by molar-refractivity contribution is 5.23. The first kappa shape index (κ1) is 9.26. The summed E-state index contributed by atoms with van der Waals surface area (Å²) in [4.78, 5) is 0. The lowest BCUT2D eigenvalue weighted by Gasteiger charge is -2.43. The minimum Gasteiger partial charge on any atom is -0.385 e. The van der Waals surface area contributed by atoms with Crippen LogP contribution in [0.4, 0.5) is 0 Å². The molecular formula is C12H20O. The van der Waals surface area contributed by atoms with Crippen molar-refractivity contribution >= 4 is 0 Å². The molecule has 74 valence electrons. The van der Waals surface area contributed by atoms with Crippen molar-refractivity contribution < 1.29 is 5.11 Å². The molecule has 0 aromatic carbocycles. The third kappa shape index (κ3) is 0.775. The van der Waals surface area contributed by atoms with Crippen LogP contribution in [0.2, 0.25) is 0 Å². The fourth-order valence-electron chi connectivity index (χ4n) is 3.64. The Morgan fingerprint density at radius 1 is 1.38 bits per heavy atom. The van der Waals surface area contributed by atoms with Crippen LogP contribution in [0.25, 0.3) is 0 Å². The van der Waals surface area contributed by atoms with Gasteiger partial charge in [-0.1, -0.05) is 26.8 Å². The molecule has 0 heterocycles. The summed E-state index contributed by atoms with van der Waals surface area (Å²) < 4.78 is 0. The predicted molar refractivity (Wildman–Crippen MR) is 54.4 cm³/mol. The molecule has 0 aromatic rings. The fourth-order valence-corrected chi connectivity index (χ4v) is 3.64. The van der Waals surface area contributed by atoms with Gasteiger partial charge in [0.1, 0.15) is 0 Å². The summed E-state index contributed by atoms with van der Waals surface area (Å²) in [7, 11) is 0. The van der Waals surface area contributed by atoms with Crippen LogP contribution in [0.15, 0.2) is 12.7 Å². The molecule has 1 N–H and O–H groups in total. The van der Waals surface area contributed by atoms with Crippen molar-refractivity contribution in [3.05, 3.63) is 12.7 Å². The van der Waals surface area contributed by atoms with E-state index in [1.54, 1.807) is 6.08 Å². The Labute approximate surface area is 80.8 Å². The Morgan fingerprint density at radius 3 is 2.23 bits per heavy atom. The molecule has 0 aromatic heterocycles. The molecule has 0 unspecified atom stereocenters. The highest BCUT2D eigenvalue weighted by Gasteiger charge is 2.67. The van der Waals surface area contributed by atoms with Gasteiger partial charge in [0.25, 0.3) is 0 Å². The van der Waals surface area contributed by atoms with Gasteiger partial charge < -0.3 is 5.11 Å². The Balaban J connectivity index is 2.49. The maximum absolute atomic E-state index is 10.5. The van der Waals surface area contributed by atoms with E-state index in [4.69, 9.17) is 0 Å². The zero-order chi connectivity index (χ0) is 9.91. The third-order valence-corrected chi connectivity index (χ3v) is 5.29. The summed E-state index contributed by atoms with van der Waals surface area (Å²) in [6.07, 6.45) is 5.11. The van der Waals surface area contributed by atoms with E-state index in [9.17, 15) is 5.11 Å². The van der Waals surface area contributed by atoms with E-state index in [-0.39, 0.29) is 10.8 Å². The lowest BCUT2D eigenvalue weighted by molar-refractivity contribution is -0.0507. The molecule has 13 heavy (non-hydrogen) atoms. The Kier molecular flexibility index (Phi) is 1.56. The summed E-state index contributed by atoms with van der Waals surface area (Å²) in [6, 6.07) is 0. The first-order valence-electron chi connectivity index (χ1n) is 5.23. The maximum atomic E-state index is 10.5. The first-order chi connectivity index (χ1) is 5.87. The zero-order valence-electron chi connectivity index (χ0n) is 8.93. The number of rotatable bonds is 1. The van der Waals surface area contributed by atoms with Crippen molar-refractivity contribution in [1.29, 1.82) is 0 Å². The number of hydrogen-bond donors (Lipinski definition) is 1. The number of fused-ring (bicyclic) bond motifs is 2. The van der Waals surface area contributed by atoms with Crippen LogP contribution in [0.5, 0.6) is 0 Å². The van der Waals surface area contributed by atoms with E-state index in [1.807, 2.05) is 0 Å². The number of hydrogen-bond acceptors (Lipinski definition) is 1. The smallest absolute Gasteiger partial charge is 0.0886 e. The third-order valence-electron chi connectivity index (χ3n) is 5.29. The van der Waals surface area contributed by atoms with Crippen molar-refractivity contribution in [3.8, 4) is 0 Å². The second-order valence-electron chi connectivity index (χ2n) is 5.62. The molecule has 2 aliphatic carbocycles. The minimum absolute atomic E-state index is 0.0480. The van der Waals surface area contributed by atoms with Gasteiger partial charge in [0, 0.05) is 5.41 Å². The minimum atomic E-state index is -0.612. The SMILES string of the molecule is C=C[C@@]1(O)C[C@@H]2CC[C@@]1(C)C2(C)C. The summed E-state index contributed by atoms with van der Waals surface area (Å²) in [5.41, 5.74) is -0.290. The molecule has 0 saturated heterocycles. The molecule has 3 atom stereocenters. The molecule has 1 heteroatoms. The van der Waals surface area contributed by atoms with Crippen LogP contribution >= 0.6 is 0 Å². The second kappa shape index (κ2) is 2.20. The number of aliphatic hydroxyl groups is 1. The van der Waals surface area contributed by atoms with Gasteiger partial charge in [-0.05, 0) is 30.6 Å². The van der Waals surface area contributed by atoms with Crippen LogP contribution in [0, 0.1) is 16.7 Å². The van der Waals surface area contributed by atoms with Gasteiger partial charge in [-0.25, -0.2) is 0 Å². The molecule has 2 aliphatic rings. The summed E-state index contributed by atoms with van der Waals surface area (Å²) in [6.45, 7) is 10.6. The van der Waals surface area contributed by atoms with E-state index >= 15 is 0 Å². The molecule has 0 spiro atoms. The van der Waals surface area contributed by atoms with Crippen molar-refractivity contribution in [1.82, 2.24) is 0 Å². The van der Waals surface area contributed by atoms with Crippen LogP contribution in [0.3, 0.4) is 0 Å². The van der Waals surface area contributed by atoms with E-state index in [2.05, 4.69) is 27.4 Å². The molecular weight excluding hydrogens is 160 g/mol. The van der Waals surface area contributed by atoms with Crippen LogP contribution < -0.4 is 0 Å². The Hall–Kier alpha value is -0.300. The molecule has 2 saturated carbocycles. The molecule has 2 bridgehead atoms. The van der Waals surface area contributed by atoms with Gasteiger partial charge in [-0.2, -0.15) is 0 Å². The van der Waals surface area contributed by atoms with Crippen molar-refractivity contribution in [2.24, 2.45) is 16.7 Å². The monoisotopic (exact) mass is 180 g/mol. The molecule has 2 rings (SSSR count). The van der Waals surface area contributed by atoms with Gasteiger partial charge in [-0.3, -0.25) is 0 Å². The van der Waals surface area contributed by atoms with Gasteiger partial charge in [-0.15, -0.1) is 6.58 Å². The Morgan fingerprint density at radius 2 is 2.00 bits per heavy atom. The van der Waals surface area contributed by atoms with E-state index < -0.39 is 5.60 Å². The zero-order valence-corrected chi connectivity index (χ0v) is 8.93. The second-order valence-corrected chi connectivity index (χ2v) is 5.62. The van der Waals surface area contributed by atoms with Gasteiger partial charge in [0.15, 0.2) is 0 Å².